The van der Waals surface area contributed by atoms with E-state index in [2.05, 4.69) is 20.9 Å². The van der Waals surface area contributed by atoms with Crippen LogP contribution in [-0.2, 0) is 9.53 Å². The Morgan fingerprint density at radius 3 is 2.71 bits per heavy atom. The lowest BCUT2D eigenvalue weighted by molar-refractivity contribution is -0.120. The number of hydrogen-bond donors (Lipinski definition) is 3. The van der Waals surface area contributed by atoms with Gasteiger partial charge in [0, 0.05) is 24.7 Å². The lowest BCUT2D eigenvalue weighted by Gasteiger charge is -2.30. The molecule has 1 fully saturated rings. The number of anilines is 2. The van der Waals surface area contributed by atoms with Gasteiger partial charge in [-0.15, -0.1) is 0 Å². The number of nitrogens with zero attached hydrogens (tertiary/aromatic N) is 1. The van der Waals surface area contributed by atoms with E-state index in [0.717, 1.165) is 25.2 Å². The van der Waals surface area contributed by atoms with Crippen LogP contribution in [0.5, 0.6) is 0 Å². The Hall–Kier alpha value is -1.99. The summed E-state index contributed by atoms with van der Waals surface area (Å²) in [7, 11) is 0. The number of hydrogen-bond acceptors (Lipinski definition) is 4. The van der Waals surface area contributed by atoms with Gasteiger partial charge in [-0.2, -0.15) is 0 Å². The second-order valence-corrected chi connectivity index (χ2v) is 5.85. The lowest BCUT2D eigenvalue weighted by Crippen LogP contribution is -2.40. The molecular formula is C16H23ClN4O3. The molecule has 0 bridgehead atoms. The van der Waals surface area contributed by atoms with Crippen molar-refractivity contribution in [3.8, 4) is 0 Å². The average molecular weight is 355 g/mol. The van der Waals surface area contributed by atoms with Crippen LogP contribution in [0, 0.1) is 0 Å². The topological polar surface area (TPSA) is 82.7 Å². The summed E-state index contributed by atoms with van der Waals surface area (Å²) in [5.74, 6) is -0.216. The summed E-state index contributed by atoms with van der Waals surface area (Å²) in [6.45, 7) is 5.27. The molecule has 0 unspecified atom stereocenters. The molecule has 0 spiro atoms. The van der Waals surface area contributed by atoms with Gasteiger partial charge < -0.3 is 25.6 Å². The van der Waals surface area contributed by atoms with Crippen LogP contribution in [-0.4, -0.2) is 51.3 Å². The minimum Gasteiger partial charge on any atom is -0.378 e. The molecule has 3 N–H and O–H groups in total. The molecule has 1 aliphatic rings. The number of urea groups is 1. The van der Waals surface area contributed by atoms with Crippen molar-refractivity contribution in [1.29, 1.82) is 0 Å². The van der Waals surface area contributed by atoms with Gasteiger partial charge in [0.1, 0.15) is 0 Å². The number of nitrogens with one attached hydrogen (secondary N) is 3. The SMILES string of the molecule is CCCNC(=O)CNC(=O)Nc1cc(Cl)ccc1N1CCOCC1. The molecule has 1 aromatic rings. The third kappa shape index (κ3) is 5.58. The number of rotatable bonds is 6. The van der Waals surface area contributed by atoms with E-state index in [0.29, 0.717) is 30.5 Å². The summed E-state index contributed by atoms with van der Waals surface area (Å²) < 4.78 is 5.35. The zero-order valence-corrected chi connectivity index (χ0v) is 14.5. The number of carbonyl (C=O) groups is 2. The van der Waals surface area contributed by atoms with Crippen LogP contribution in [0.4, 0.5) is 16.2 Å². The van der Waals surface area contributed by atoms with Gasteiger partial charge in [0.15, 0.2) is 0 Å². The molecule has 1 aromatic carbocycles. The Bertz CT molecular complexity index is 576. The van der Waals surface area contributed by atoms with E-state index >= 15 is 0 Å². The van der Waals surface area contributed by atoms with Crippen molar-refractivity contribution in [3.63, 3.8) is 0 Å². The van der Waals surface area contributed by atoms with Crippen LogP contribution in [0.15, 0.2) is 18.2 Å². The van der Waals surface area contributed by atoms with E-state index < -0.39 is 6.03 Å². The molecule has 0 aromatic heterocycles. The molecule has 132 valence electrons. The minimum absolute atomic E-state index is 0.0702. The number of benzene rings is 1. The second-order valence-electron chi connectivity index (χ2n) is 5.42. The van der Waals surface area contributed by atoms with Gasteiger partial charge >= 0.3 is 6.03 Å². The second kappa shape index (κ2) is 9.34. The van der Waals surface area contributed by atoms with Crippen molar-refractivity contribution in [2.24, 2.45) is 0 Å². The molecule has 0 aliphatic carbocycles. The molecule has 0 radical (unpaired) electrons. The van der Waals surface area contributed by atoms with Crippen molar-refractivity contribution in [3.05, 3.63) is 23.2 Å². The van der Waals surface area contributed by atoms with Crippen LogP contribution in [0.25, 0.3) is 0 Å². The van der Waals surface area contributed by atoms with E-state index in [4.69, 9.17) is 16.3 Å². The first kappa shape index (κ1) is 18.4. The van der Waals surface area contributed by atoms with E-state index in [-0.39, 0.29) is 12.5 Å². The largest absolute Gasteiger partial charge is 0.378 e. The van der Waals surface area contributed by atoms with Crippen molar-refractivity contribution >= 4 is 34.9 Å². The summed E-state index contributed by atoms with van der Waals surface area (Å²) in [6.07, 6.45) is 0.851. The van der Waals surface area contributed by atoms with Crippen molar-refractivity contribution < 1.29 is 14.3 Å². The van der Waals surface area contributed by atoms with Gasteiger partial charge in [-0.25, -0.2) is 4.79 Å². The van der Waals surface area contributed by atoms with Crippen LogP contribution in [0.2, 0.25) is 5.02 Å². The number of morpholine rings is 1. The zero-order valence-electron chi connectivity index (χ0n) is 13.7. The van der Waals surface area contributed by atoms with Crippen LogP contribution < -0.4 is 20.9 Å². The number of amides is 3. The molecule has 0 atom stereocenters. The van der Waals surface area contributed by atoms with Crippen LogP contribution in [0.3, 0.4) is 0 Å². The van der Waals surface area contributed by atoms with Gasteiger partial charge in [0.25, 0.3) is 0 Å². The highest BCUT2D eigenvalue weighted by molar-refractivity contribution is 6.31. The smallest absolute Gasteiger partial charge is 0.319 e. The number of ether oxygens (including phenoxy) is 1. The molecule has 7 nitrogen and oxygen atoms in total. The molecule has 1 saturated heterocycles. The molecule has 24 heavy (non-hydrogen) atoms. The predicted octanol–water partition coefficient (Wildman–Crippen LogP) is 1.82. The molecular weight excluding hydrogens is 332 g/mol. The molecule has 1 heterocycles. The first-order chi connectivity index (χ1) is 11.6. The normalized spacial score (nSPS) is 14.2. The fourth-order valence-electron chi connectivity index (χ4n) is 2.34. The summed E-state index contributed by atoms with van der Waals surface area (Å²) in [5.41, 5.74) is 1.49. The van der Waals surface area contributed by atoms with Crippen LogP contribution in [0.1, 0.15) is 13.3 Å². The Morgan fingerprint density at radius 1 is 1.25 bits per heavy atom. The third-order valence-corrected chi connectivity index (χ3v) is 3.78. The number of carbonyl (C=O) groups excluding carboxylic acids is 2. The molecule has 2 rings (SSSR count). The van der Waals surface area contributed by atoms with Crippen molar-refractivity contribution in [2.45, 2.75) is 13.3 Å². The molecule has 8 heteroatoms. The van der Waals surface area contributed by atoms with E-state index in [1.807, 2.05) is 13.0 Å². The predicted molar refractivity (Wildman–Crippen MR) is 94.8 cm³/mol. The monoisotopic (exact) mass is 354 g/mol. The maximum absolute atomic E-state index is 12.0. The lowest BCUT2D eigenvalue weighted by atomic mass is 10.2. The maximum Gasteiger partial charge on any atom is 0.319 e. The molecule has 1 aliphatic heterocycles. The van der Waals surface area contributed by atoms with Crippen LogP contribution >= 0.6 is 11.6 Å². The summed E-state index contributed by atoms with van der Waals surface area (Å²) in [5, 5.41) is 8.53. The van der Waals surface area contributed by atoms with Crippen molar-refractivity contribution in [1.82, 2.24) is 10.6 Å². The van der Waals surface area contributed by atoms with E-state index in [1.165, 1.54) is 0 Å². The van der Waals surface area contributed by atoms with E-state index in [9.17, 15) is 9.59 Å². The highest BCUT2D eigenvalue weighted by Crippen LogP contribution is 2.29. The maximum atomic E-state index is 12.0. The summed E-state index contributed by atoms with van der Waals surface area (Å²) >= 11 is 6.04. The van der Waals surface area contributed by atoms with Gasteiger partial charge in [0.2, 0.25) is 5.91 Å². The Balaban J connectivity index is 1.96. The van der Waals surface area contributed by atoms with Gasteiger partial charge in [-0.05, 0) is 24.6 Å². The Labute approximate surface area is 146 Å². The molecule has 3 amide bonds. The first-order valence-corrected chi connectivity index (χ1v) is 8.41. The zero-order chi connectivity index (χ0) is 17.4. The van der Waals surface area contributed by atoms with E-state index in [1.54, 1.807) is 12.1 Å². The highest BCUT2D eigenvalue weighted by atomic mass is 35.5. The minimum atomic E-state index is -0.446. The quantitative estimate of drug-likeness (QED) is 0.727. The fraction of sp³-hybridized carbons (Fsp3) is 0.500. The standard InChI is InChI=1S/C16H23ClN4O3/c1-2-5-18-15(22)11-19-16(23)20-13-10-12(17)3-4-14(13)21-6-8-24-9-7-21/h3-4,10H,2,5-9,11H2,1H3,(H,18,22)(H2,19,20,23). The third-order valence-electron chi connectivity index (χ3n) is 3.54. The van der Waals surface area contributed by atoms with Crippen molar-refractivity contribution in [2.75, 3.05) is 49.6 Å². The first-order valence-electron chi connectivity index (χ1n) is 8.04. The Kier molecular flexibility index (Phi) is 7.14. The number of halogens is 1. The highest BCUT2D eigenvalue weighted by Gasteiger charge is 2.16. The Morgan fingerprint density at radius 2 is 2.00 bits per heavy atom. The molecule has 0 saturated carbocycles. The van der Waals surface area contributed by atoms with Gasteiger partial charge in [-0.3, -0.25) is 4.79 Å². The summed E-state index contributed by atoms with van der Waals surface area (Å²) in [4.78, 5) is 25.7. The van der Waals surface area contributed by atoms with Gasteiger partial charge in [-0.1, -0.05) is 18.5 Å². The fourth-order valence-corrected chi connectivity index (χ4v) is 2.51. The summed E-state index contributed by atoms with van der Waals surface area (Å²) in [6, 6.07) is 4.91. The van der Waals surface area contributed by atoms with Gasteiger partial charge in [0.05, 0.1) is 31.1 Å². The average Bonchev–Trinajstić information content (AvgIpc) is 2.59.